The fraction of sp³-hybridized carbons (Fsp3) is 0.455. The minimum Gasteiger partial charge on any atom is -0.486 e. The first-order valence-corrected chi connectivity index (χ1v) is 5.29. The van der Waals surface area contributed by atoms with Crippen LogP contribution < -0.4 is 15.2 Å². The Labute approximate surface area is 113 Å². The summed E-state index contributed by atoms with van der Waals surface area (Å²) in [6.07, 6.45) is -7.37. The summed E-state index contributed by atoms with van der Waals surface area (Å²) in [6.45, 7) is 0.719. The number of rotatable bonds is 2. The Morgan fingerprint density at radius 1 is 1.16 bits per heavy atom. The lowest BCUT2D eigenvalue weighted by Gasteiger charge is -2.24. The summed E-state index contributed by atoms with van der Waals surface area (Å²) in [7, 11) is 0. The van der Waals surface area contributed by atoms with Gasteiger partial charge in [-0.05, 0) is 17.7 Å². The number of benzene rings is 1. The predicted molar refractivity (Wildman–Crippen MR) is 63.7 cm³/mol. The number of hydrogen-bond donors (Lipinski definition) is 2. The van der Waals surface area contributed by atoms with Crippen LogP contribution >= 0.6 is 12.4 Å². The van der Waals surface area contributed by atoms with E-state index < -0.39 is 18.3 Å². The zero-order valence-electron chi connectivity index (χ0n) is 9.68. The number of alkyl halides is 3. The van der Waals surface area contributed by atoms with Gasteiger partial charge in [0.25, 0.3) is 0 Å². The summed E-state index contributed by atoms with van der Waals surface area (Å²) >= 11 is 0. The van der Waals surface area contributed by atoms with Crippen LogP contribution in [0.1, 0.15) is 11.6 Å². The molecule has 1 aliphatic rings. The lowest BCUT2D eigenvalue weighted by molar-refractivity contribution is -0.210. The predicted octanol–water partition coefficient (Wildman–Crippen LogP) is 1.80. The molecule has 0 spiro atoms. The van der Waals surface area contributed by atoms with Crippen LogP contribution in [0.3, 0.4) is 0 Å². The topological polar surface area (TPSA) is 64.7 Å². The maximum atomic E-state index is 12.3. The van der Waals surface area contributed by atoms with Crippen LogP contribution in [0.4, 0.5) is 13.2 Å². The third-order valence-corrected chi connectivity index (χ3v) is 2.63. The van der Waals surface area contributed by atoms with E-state index >= 15 is 0 Å². The van der Waals surface area contributed by atoms with Crippen molar-refractivity contribution in [1.29, 1.82) is 0 Å². The van der Waals surface area contributed by atoms with Gasteiger partial charge in [-0.15, -0.1) is 12.4 Å². The standard InChI is InChI=1S/C11H12F3NO3.ClH/c12-11(13,14)10(16)9(15)6-1-2-7-8(5-6)18-4-3-17-7;/h1-2,5,9-10,16H,3-4,15H2;1H/t9-,10-;/m0./s1. The summed E-state index contributed by atoms with van der Waals surface area (Å²) in [5, 5.41) is 9.09. The van der Waals surface area contributed by atoms with Gasteiger partial charge in [0.05, 0.1) is 6.04 Å². The summed E-state index contributed by atoms with van der Waals surface area (Å²) in [5.41, 5.74) is 5.53. The van der Waals surface area contributed by atoms with Crippen molar-refractivity contribution < 1.29 is 27.8 Å². The molecule has 0 radical (unpaired) electrons. The smallest absolute Gasteiger partial charge is 0.416 e. The average molecular weight is 300 g/mol. The van der Waals surface area contributed by atoms with Gasteiger partial charge in [0.1, 0.15) is 13.2 Å². The minimum absolute atomic E-state index is 0. The van der Waals surface area contributed by atoms with Gasteiger partial charge in [0, 0.05) is 0 Å². The first kappa shape index (κ1) is 15.9. The molecule has 3 N–H and O–H groups in total. The van der Waals surface area contributed by atoms with Crippen LogP contribution in [0.15, 0.2) is 18.2 Å². The van der Waals surface area contributed by atoms with Crippen molar-refractivity contribution >= 4 is 12.4 Å². The van der Waals surface area contributed by atoms with Gasteiger partial charge in [0.2, 0.25) is 0 Å². The van der Waals surface area contributed by atoms with Crippen molar-refractivity contribution in [1.82, 2.24) is 0 Å². The monoisotopic (exact) mass is 299 g/mol. The number of ether oxygens (including phenoxy) is 2. The van der Waals surface area contributed by atoms with Crippen molar-refractivity contribution in [3.8, 4) is 11.5 Å². The van der Waals surface area contributed by atoms with Crippen molar-refractivity contribution in [2.24, 2.45) is 5.73 Å². The summed E-state index contributed by atoms with van der Waals surface area (Å²) in [6, 6.07) is 2.66. The summed E-state index contributed by atoms with van der Waals surface area (Å²) in [4.78, 5) is 0. The van der Waals surface area contributed by atoms with E-state index in [2.05, 4.69) is 0 Å². The molecule has 2 rings (SSSR count). The Kier molecular flexibility index (Phi) is 4.89. The van der Waals surface area contributed by atoms with E-state index in [1.807, 2.05) is 0 Å². The fourth-order valence-corrected chi connectivity index (χ4v) is 1.65. The Bertz CT molecular complexity index is 442. The number of halogens is 4. The Morgan fingerprint density at radius 3 is 2.32 bits per heavy atom. The van der Waals surface area contributed by atoms with Crippen molar-refractivity contribution in [3.63, 3.8) is 0 Å². The van der Waals surface area contributed by atoms with Crippen LogP contribution in [-0.2, 0) is 0 Å². The number of hydrogen-bond acceptors (Lipinski definition) is 4. The molecule has 4 nitrogen and oxygen atoms in total. The van der Waals surface area contributed by atoms with Crippen LogP contribution in [0.25, 0.3) is 0 Å². The normalized spacial score (nSPS) is 17.3. The molecule has 0 amide bonds. The van der Waals surface area contributed by atoms with Crippen LogP contribution in [0.5, 0.6) is 11.5 Å². The van der Waals surface area contributed by atoms with Gasteiger partial charge < -0.3 is 20.3 Å². The number of aliphatic hydroxyl groups is 1. The maximum Gasteiger partial charge on any atom is 0.416 e. The Balaban J connectivity index is 0.00000180. The average Bonchev–Trinajstić information content (AvgIpc) is 2.35. The third kappa shape index (κ3) is 3.43. The largest absolute Gasteiger partial charge is 0.486 e. The molecule has 0 aliphatic carbocycles. The maximum absolute atomic E-state index is 12.3. The second kappa shape index (κ2) is 5.85. The molecule has 1 aromatic carbocycles. The molecular formula is C11H13ClF3NO3. The molecule has 1 heterocycles. The molecule has 8 heteroatoms. The van der Waals surface area contributed by atoms with E-state index in [9.17, 15) is 13.2 Å². The van der Waals surface area contributed by atoms with Gasteiger partial charge in [0.15, 0.2) is 17.6 Å². The lowest BCUT2D eigenvalue weighted by atomic mass is 10.0. The van der Waals surface area contributed by atoms with Crippen LogP contribution in [-0.4, -0.2) is 30.6 Å². The summed E-state index contributed by atoms with van der Waals surface area (Å²) in [5.74, 6) is 0.794. The molecule has 2 atom stereocenters. The van der Waals surface area contributed by atoms with E-state index in [1.165, 1.54) is 18.2 Å². The van der Waals surface area contributed by atoms with Gasteiger partial charge in [-0.2, -0.15) is 13.2 Å². The lowest BCUT2D eigenvalue weighted by Crippen LogP contribution is -2.38. The molecular weight excluding hydrogens is 287 g/mol. The highest BCUT2D eigenvalue weighted by molar-refractivity contribution is 5.85. The van der Waals surface area contributed by atoms with Gasteiger partial charge in [-0.25, -0.2) is 0 Å². The molecule has 1 aliphatic heterocycles. The van der Waals surface area contributed by atoms with E-state index in [0.717, 1.165) is 0 Å². The van der Waals surface area contributed by atoms with E-state index in [4.69, 9.17) is 20.3 Å². The Morgan fingerprint density at radius 2 is 1.74 bits per heavy atom. The number of nitrogens with two attached hydrogens (primary N) is 1. The Hall–Kier alpha value is -1.18. The third-order valence-electron chi connectivity index (χ3n) is 2.63. The molecule has 0 saturated carbocycles. The minimum atomic E-state index is -4.76. The molecule has 0 bridgehead atoms. The molecule has 19 heavy (non-hydrogen) atoms. The molecule has 0 saturated heterocycles. The fourth-order valence-electron chi connectivity index (χ4n) is 1.65. The first-order valence-electron chi connectivity index (χ1n) is 5.29. The van der Waals surface area contributed by atoms with Crippen LogP contribution in [0, 0.1) is 0 Å². The molecule has 0 fully saturated rings. The zero-order valence-corrected chi connectivity index (χ0v) is 10.5. The quantitative estimate of drug-likeness (QED) is 0.874. The number of aliphatic hydroxyl groups excluding tert-OH is 1. The highest BCUT2D eigenvalue weighted by atomic mass is 35.5. The van der Waals surface area contributed by atoms with E-state index in [-0.39, 0.29) is 18.0 Å². The highest BCUT2D eigenvalue weighted by Gasteiger charge is 2.42. The molecule has 1 aromatic rings. The van der Waals surface area contributed by atoms with Crippen molar-refractivity contribution in [2.45, 2.75) is 18.3 Å². The van der Waals surface area contributed by atoms with Crippen molar-refractivity contribution in [3.05, 3.63) is 23.8 Å². The SMILES string of the molecule is Cl.N[C@@H](c1ccc2c(c1)OCCO2)[C@H](O)C(F)(F)F. The van der Waals surface area contributed by atoms with Crippen LogP contribution in [0.2, 0.25) is 0 Å². The van der Waals surface area contributed by atoms with Gasteiger partial charge in [-0.1, -0.05) is 6.07 Å². The number of fused-ring (bicyclic) bond motifs is 1. The molecule has 108 valence electrons. The van der Waals surface area contributed by atoms with Gasteiger partial charge in [-0.3, -0.25) is 0 Å². The molecule has 0 unspecified atom stereocenters. The second-order valence-corrected chi connectivity index (χ2v) is 3.92. The summed E-state index contributed by atoms with van der Waals surface area (Å²) < 4.78 is 47.5. The second-order valence-electron chi connectivity index (χ2n) is 3.92. The zero-order chi connectivity index (χ0) is 13.3. The van der Waals surface area contributed by atoms with E-state index in [1.54, 1.807) is 0 Å². The highest BCUT2D eigenvalue weighted by Crippen LogP contribution is 2.35. The van der Waals surface area contributed by atoms with E-state index in [0.29, 0.717) is 24.7 Å². The molecule has 0 aromatic heterocycles. The van der Waals surface area contributed by atoms with Gasteiger partial charge >= 0.3 is 6.18 Å². The first-order chi connectivity index (χ1) is 8.39. The van der Waals surface area contributed by atoms with Crippen molar-refractivity contribution in [2.75, 3.05) is 13.2 Å².